The van der Waals surface area contributed by atoms with Crippen molar-refractivity contribution in [3.8, 4) is 0 Å². The highest BCUT2D eigenvalue weighted by Gasteiger charge is 2.29. The maximum absolute atomic E-state index is 13.7. The van der Waals surface area contributed by atoms with Gasteiger partial charge in [0.1, 0.15) is 5.69 Å². The Morgan fingerprint density at radius 1 is 0.941 bits per heavy atom. The fourth-order valence-electron chi connectivity index (χ4n) is 5.26. The molecule has 0 saturated carbocycles. The van der Waals surface area contributed by atoms with Crippen LogP contribution in [0.2, 0.25) is 5.02 Å². The molecule has 0 N–H and O–H groups in total. The van der Waals surface area contributed by atoms with Gasteiger partial charge < -0.3 is 19.3 Å². The second kappa shape index (κ2) is 9.85. The summed E-state index contributed by atoms with van der Waals surface area (Å²) in [6, 6.07) is 18.1. The molecule has 0 atom stereocenters. The number of fused-ring (bicyclic) bond motifs is 1. The molecule has 34 heavy (non-hydrogen) atoms. The second-order valence-electron chi connectivity index (χ2n) is 9.65. The van der Waals surface area contributed by atoms with Gasteiger partial charge >= 0.3 is 0 Å². The van der Waals surface area contributed by atoms with Crippen molar-refractivity contribution < 1.29 is 4.79 Å². The van der Waals surface area contributed by atoms with E-state index in [0.29, 0.717) is 12.5 Å². The average Bonchev–Trinajstić information content (AvgIpc) is 3.23. The number of halogens is 1. The van der Waals surface area contributed by atoms with Gasteiger partial charge in [-0.2, -0.15) is 0 Å². The van der Waals surface area contributed by atoms with Gasteiger partial charge in [0.25, 0.3) is 5.91 Å². The summed E-state index contributed by atoms with van der Waals surface area (Å²) < 4.78 is 2.15. The number of amides is 1. The molecule has 178 valence electrons. The highest BCUT2D eigenvalue weighted by Crippen LogP contribution is 2.29. The van der Waals surface area contributed by atoms with Crippen molar-refractivity contribution in [2.24, 2.45) is 5.92 Å². The van der Waals surface area contributed by atoms with Gasteiger partial charge in [-0.05, 0) is 49.7 Å². The molecule has 5 nitrogen and oxygen atoms in total. The van der Waals surface area contributed by atoms with Gasteiger partial charge in [-0.15, -0.1) is 0 Å². The van der Waals surface area contributed by atoms with E-state index in [1.54, 1.807) is 0 Å². The number of likely N-dealkylation sites (tertiary alicyclic amines) is 1. The summed E-state index contributed by atoms with van der Waals surface area (Å²) in [6.07, 6.45) is 1.96. The van der Waals surface area contributed by atoms with E-state index in [0.717, 1.165) is 79.3 Å². The first kappa shape index (κ1) is 23.0. The smallest absolute Gasteiger partial charge is 0.270 e. The number of carbonyl (C=O) groups excluding carboxylic acids is 1. The first-order valence-electron chi connectivity index (χ1n) is 12.2. The van der Waals surface area contributed by atoms with Crippen molar-refractivity contribution in [2.45, 2.75) is 19.4 Å². The fourth-order valence-corrected chi connectivity index (χ4v) is 5.39. The maximum atomic E-state index is 13.7. The van der Waals surface area contributed by atoms with Crippen LogP contribution in [0.25, 0.3) is 10.9 Å². The Labute approximate surface area is 207 Å². The van der Waals surface area contributed by atoms with Crippen LogP contribution in [0.15, 0.2) is 66.9 Å². The summed E-state index contributed by atoms with van der Waals surface area (Å²) in [6.45, 7) is 10.9. The van der Waals surface area contributed by atoms with E-state index >= 15 is 0 Å². The molecule has 5 rings (SSSR count). The van der Waals surface area contributed by atoms with Crippen LogP contribution in [0, 0.1) is 5.92 Å². The third-order valence-electron chi connectivity index (χ3n) is 7.45. The minimum atomic E-state index is 0.119. The van der Waals surface area contributed by atoms with Crippen LogP contribution >= 0.6 is 11.6 Å². The van der Waals surface area contributed by atoms with Crippen LogP contribution in [0.3, 0.4) is 0 Å². The number of nitrogens with zero attached hydrogens (tertiary/aromatic N) is 4. The van der Waals surface area contributed by atoms with Crippen molar-refractivity contribution in [1.29, 1.82) is 0 Å². The molecular weight excluding hydrogens is 444 g/mol. The highest BCUT2D eigenvalue weighted by atomic mass is 35.5. The number of para-hydroxylation sites is 1. The van der Waals surface area contributed by atoms with Crippen LogP contribution in [-0.4, -0.2) is 71.5 Å². The van der Waals surface area contributed by atoms with Crippen LogP contribution in [-0.2, 0) is 6.54 Å². The van der Waals surface area contributed by atoms with Crippen molar-refractivity contribution >= 4 is 28.4 Å². The number of benzene rings is 2. The van der Waals surface area contributed by atoms with Gasteiger partial charge in [-0.25, -0.2) is 0 Å². The first-order valence-corrected chi connectivity index (χ1v) is 12.6. The molecule has 6 heteroatoms. The lowest BCUT2D eigenvalue weighted by atomic mass is 9.92. The summed E-state index contributed by atoms with van der Waals surface area (Å²) in [5.41, 5.74) is 4.23. The average molecular weight is 477 g/mol. The number of rotatable bonds is 5. The Morgan fingerprint density at radius 3 is 2.32 bits per heavy atom. The SMILES string of the molecule is C=C(C1CCN(C(=O)c2cc3ccccc3n2Cc2ccc(Cl)cc2)CC1)N1CCN(C)CC1. The maximum Gasteiger partial charge on any atom is 0.270 e. The predicted molar refractivity (Wildman–Crippen MR) is 139 cm³/mol. The molecular formula is C28H33ClN4O. The number of hydrogen-bond donors (Lipinski definition) is 0. The lowest BCUT2D eigenvalue weighted by Crippen LogP contribution is -2.46. The van der Waals surface area contributed by atoms with Crippen molar-refractivity contribution in [2.75, 3.05) is 46.3 Å². The Balaban J connectivity index is 1.31. The Kier molecular flexibility index (Phi) is 6.66. The van der Waals surface area contributed by atoms with Crippen molar-refractivity contribution in [3.63, 3.8) is 0 Å². The number of likely N-dealkylation sites (N-methyl/N-ethyl adjacent to an activating group) is 1. The summed E-state index contributed by atoms with van der Waals surface area (Å²) >= 11 is 6.08. The minimum absolute atomic E-state index is 0.119. The molecule has 3 aromatic rings. The predicted octanol–water partition coefficient (Wildman–Crippen LogP) is 4.96. The standard InChI is InChI=1S/C28H33ClN4O/c1-21(31-17-15-30(2)16-18-31)23-11-13-32(14-12-23)28(34)27-19-24-5-3-4-6-26(24)33(27)20-22-7-9-25(29)10-8-22/h3-10,19,23H,1,11-18,20H2,2H3. The molecule has 2 aromatic carbocycles. The molecule has 2 fully saturated rings. The fraction of sp³-hybridized carbons (Fsp3) is 0.393. The molecule has 0 aliphatic carbocycles. The van der Waals surface area contributed by atoms with Gasteiger partial charge in [0, 0.05) is 73.4 Å². The van der Waals surface area contributed by atoms with Gasteiger partial charge in [0.2, 0.25) is 0 Å². The molecule has 0 bridgehead atoms. The van der Waals surface area contributed by atoms with Gasteiger partial charge in [-0.3, -0.25) is 4.79 Å². The summed E-state index contributed by atoms with van der Waals surface area (Å²) in [5.74, 6) is 0.584. The number of aromatic nitrogens is 1. The van der Waals surface area contributed by atoms with E-state index in [2.05, 4.69) is 40.1 Å². The van der Waals surface area contributed by atoms with Crippen molar-refractivity contribution in [3.05, 3.63) is 83.2 Å². The Hall–Kier alpha value is -2.76. The number of allylic oxidation sites excluding steroid dienone is 1. The van der Waals surface area contributed by atoms with E-state index in [-0.39, 0.29) is 5.91 Å². The first-order chi connectivity index (χ1) is 16.5. The van der Waals surface area contributed by atoms with Crippen molar-refractivity contribution in [1.82, 2.24) is 19.3 Å². The number of hydrogen-bond acceptors (Lipinski definition) is 3. The Bertz CT molecular complexity index is 1170. The molecule has 1 aromatic heterocycles. The van der Waals surface area contributed by atoms with Gasteiger partial charge in [0.15, 0.2) is 0 Å². The van der Waals surface area contributed by atoms with E-state index in [1.165, 1.54) is 5.70 Å². The zero-order valence-electron chi connectivity index (χ0n) is 19.9. The van der Waals surface area contributed by atoms with Crippen LogP contribution in [0.4, 0.5) is 0 Å². The lowest BCUT2D eigenvalue weighted by Gasteiger charge is -2.40. The van der Waals surface area contributed by atoms with E-state index in [9.17, 15) is 4.79 Å². The highest BCUT2D eigenvalue weighted by molar-refractivity contribution is 6.30. The third-order valence-corrected chi connectivity index (χ3v) is 7.70. The summed E-state index contributed by atoms with van der Waals surface area (Å²) in [5, 5.41) is 1.82. The summed E-state index contributed by atoms with van der Waals surface area (Å²) in [7, 11) is 2.18. The quantitative estimate of drug-likeness (QED) is 0.521. The second-order valence-corrected chi connectivity index (χ2v) is 10.1. The molecule has 2 aliphatic rings. The molecule has 0 radical (unpaired) electrons. The molecule has 0 unspecified atom stereocenters. The molecule has 1 amide bonds. The molecule has 3 heterocycles. The normalized spacial score (nSPS) is 17.9. The van der Waals surface area contributed by atoms with Crippen LogP contribution < -0.4 is 0 Å². The Morgan fingerprint density at radius 2 is 1.62 bits per heavy atom. The number of carbonyl (C=O) groups is 1. The van der Waals surface area contributed by atoms with Gasteiger partial charge in [0.05, 0.1) is 0 Å². The molecule has 2 saturated heterocycles. The van der Waals surface area contributed by atoms with E-state index < -0.39 is 0 Å². The largest absolute Gasteiger partial charge is 0.372 e. The topological polar surface area (TPSA) is 31.7 Å². The van der Waals surface area contributed by atoms with Crippen LogP contribution in [0.5, 0.6) is 0 Å². The summed E-state index contributed by atoms with van der Waals surface area (Å²) in [4.78, 5) is 20.5. The number of piperazine rings is 1. The zero-order chi connectivity index (χ0) is 23.7. The minimum Gasteiger partial charge on any atom is -0.372 e. The van der Waals surface area contributed by atoms with Gasteiger partial charge in [-0.1, -0.05) is 48.5 Å². The van der Waals surface area contributed by atoms with Crippen LogP contribution in [0.1, 0.15) is 28.9 Å². The third kappa shape index (κ3) is 4.73. The zero-order valence-corrected chi connectivity index (χ0v) is 20.7. The van der Waals surface area contributed by atoms with E-state index in [1.807, 2.05) is 47.4 Å². The molecule has 2 aliphatic heterocycles. The molecule has 0 spiro atoms. The lowest BCUT2D eigenvalue weighted by molar-refractivity contribution is 0.0675. The number of piperidine rings is 1. The van der Waals surface area contributed by atoms with E-state index in [4.69, 9.17) is 11.6 Å². The monoisotopic (exact) mass is 476 g/mol.